The Hall–Kier alpha value is -5.38. The first-order valence-electron chi connectivity index (χ1n) is 19.8. The Kier molecular flexibility index (Phi) is 15.5. The highest BCUT2D eigenvalue weighted by Gasteiger charge is 2.44. The van der Waals surface area contributed by atoms with Gasteiger partial charge in [-0.3, -0.25) is 39.0 Å². The molecule has 3 aromatic rings. The normalized spacial score (nSPS) is 17.3. The molecule has 0 radical (unpaired) electrons. The first-order valence-corrected chi connectivity index (χ1v) is 21.0. The minimum Gasteiger partial charge on any atom is -0.383 e. The Labute approximate surface area is 361 Å². The highest BCUT2D eigenvalue weighted by Crippen LogP contribution is 2.39. The van der Waals surface area contributed by atoms with E-state index in [4.69, 9.17) is 37.3 Å². The monoisotopic (exact) mass is 880 g/mol. The Bertz CT molecular complexity index is 2130. The van der Waals surface area contributed by atoms with Crippen LogP contribution in [0.1, 0.15) is 59.7 Å². The fraction of sp³-hybridized carbons (Fsp3) is 0.450. The number of amides is 6. The van der Waals surface area contributed by atoms with Gasteiger partial charge in [-0.25, -0.2) is 9.97 Å². The largest absolute Gasteiger partial charge is 0.383 e. The van der Waals surface area contributed by atoms with E-state index in [9.17, 15) is 28.8 Å². The van der Waals surface area contributed by atoms with Crippen LogP contribution in [0.15, 0.2) is 52.5 Å². The molecule has 2 aromatic carbocycles. The Morgan fingerprint density at radius 2 is 1.64 bits per heavy atom. The van der Waals surface area contributed by atoms with Gasteiger partial charge in [0.2, 0.25) is 23.6 Å². The summed E-state index contributed by atoms with van der Waals surface area (Å²) in [5, 5.41) is 11.4. The van der Waals surface area contributed by atoms with Gasteiger partial charge < -0.3 is 46.5 Å². The van der Waals surface area contributed by atoms with E-state index in [1.165, 1.54) is 17.8 Å². The van der Waals surface area contributed by atoms with Crippen molar-refractivity contribution in [3.63, 3.8) is 0 Å². The van der Waals surface area contributed by atoms with E-state index in [1.807, 2.05) is 6.92 Å². The molecule has 0 bridgehead atoms. The second-order valence-corrected chi connectivity index (χ2v) is 16.2. The summed E-state index contributed by atoms with van der Waals surface area (Å²) in [6, 6.07) is 8.88. The maximum atomic E-state index is 13.0. The van der Waals surface area contributed by atoms with E-state index in [1.54, 1.807) is 36.5 Å². The van der Waals surface area contributed by atoms with Gasteiger partial charge in [-0.1, -0.05) is 29.4 Å². The molecule has 2 fully saturated rings. The van der Waals surface area contributed by atoms with Gasteiger partial charge in [0, 0.05) is 48.7 Å². The van der Waals surface area contributed by atoms with Gasteiger partial charge in [0.1, 0.15) is 23.3 Å². The summed E-state index contributed by atoms with van der Waals surface area (Å²) < 4.78 is 16.6. The van der Waals surface area contributed by atoms with E-state index in [0.29, 0.717) is 66.7 Å². The fourth-order valence-corrected chi connectivity index (χ4v) is 7.81. The van der Waals surface area contributed by atoms with Crippen LogP contribution in [0.25, 0.3) is 0 Å². The predicted molar refractivity (Wildman–Crippen MR) is 226 cm³/mol. The van der Waals surface area contributed by atoms with Crippen molar-refractivity contribution in [2.24, 2.45) is 5.73 Å². The van der Waals surface area contributed by atoms with Crippen molar-refractivity contribution >= 4 is 81.8 Å². The average molecular weight is 881 g/mol. The van der Waals surface area contributed by atoms with Crippen LogP contribution < -0.4 is 37.6 Å². The molecule has 326 valence electrons. The molecule has 0 aliphatic carbocycles. The van der Waals surface area contributed by atoms with Crippen molar-refractivity contribution in [2.75, 3.05) is 87.1 Å². The number of piperidine rings is 2. The Morgan fingerprint density at radius 3 is 2.34 bits per heavy atom. The van der Waals surface area contributed by atoms with E-state index in [2.05, 4.69) is 36.1 Å². The molecule has 1 unspecified atom stereocenters. The second-order valence-electron chi connectivity index (χ2n) is 14.8. The molecule has 6 amide bonds. The lowest BCUT2D eigenvalue weighted by Gasteiger charge is -2.37. The summed E-state index contributed by atoms with van der Waals surface area (Å²) in [7, 11) is 0. The smallest absolute Gasteiger partial charge is 0.262 e. The topological polar surface area (TPSA) is 263 Å². The third kappa shape index (κ3) is 12.1. The number of hydrogen-bond acceptors (Lipinski definition) is 16. The van der Waals surface area contributed by atoms with Gasteiger partial charge in [-0.15, -0.1) is 0 Å². The zero-order valence-electron chi connectivity index (χ0n) is 33.6. The van der Waals surface area contributed by atoms with Crippen LogP contribution in [0, 0.1) is 0 Å². The number of nitrogens with zero attached hydrogens (tertiary/aromatic N) is 4. The summed E-state index contributed by atoms with van der Waals surface area (Å²) in [5.41, 5.74) is 13.7. The number of carbonyl (C=O) groups is 6. The molecule has 4 heterocycles. The molecule has 1 atom stereocenters. The van der Waals surface area contributed by atoms with E-state index >= 15 is 0 Å². The third-order valence-electron chi connectivity index (χ3n) is 10.1. The van der Waals surface area contributed by atoms with Crippen molar-refractivity contribution in [2.45, 2.75) is 60.5 Å². The first kappa shape index (κ1) is 45.2. The number of rotatable bonds is 20. The number of halogens is 1. The van der Waals surface area contributed by atoms with Crippen molar-refractivity contribution in [1.29, 1.82) is 0 Å². The molecule has 2 saturated heterocycles. The minimum atomic E-state index is -1.02. The van der Waals surface area contributed by atoms with E-state index in [0.717, 1.165) is 30.8 Å². The number of ether oxygens (including phenoxy) is 3. The van der Waals surface area contributed by atoms with Crippen LogP contribution in [0.5, 0.6) is 0 Å². The van der Waals surface area contributed by atoms with Gasteiger partial charge in [0.05, 0.1) is 67.7 Å². The number of anilines is 4. The first-order chi connectivity index (χ1) is 29.3. The molecule has 8 N–H and O–H groups in total. The standard InChI is InChI=1S/C40H49ClN10O9S/c1-40(43)9-13-50(14-10-40)30-23-46-37(35(42)48-30)61-29-4-2-3-27(34(29)41)47-33(54)22-32(53)45-12-16-59-18-20-60-19-17-58-15-11-44-24-5-6-25-26(21-24)39(57)51(38(25)56)28-7-8-31(52)49-36(28)55/h2-6,21,23,28,44H,7-20,22,43H2,1H3,(H2,42,48)(H,45,53)(H,47,54)(H,49,52,55). The third-order valence-corrected chi connectivity index (χ3v) is 11.7. The van der Waals surface area contributed by atoms with Crippen LogP contribution in [0.4, 0.5) is 23.0 Å². The van der Waals surface area contributed by atoms with Gasteiger partial charge in [-0.2, -0.15) is 0 Å². The number of benzene rings is 2. The van der Waals surface area contributed by atoms with Gasteiger partial charge >= 0.3 is 0 Å². The van der Waals surface area contributed by atoms with E-state index in [-0.39, 0.29) is 53.5 Å². The lowest BCUT2D eigenvalue weighted by atomic mass is 9.91. The fourth-order valence-electron chi connectivity index (χ4n) is 6.71. The minimum absolute atomic E-state index is 0.0539. The maximum Gasteiger partial charge on any atom is 0.262 e. The molecular formula is C40H49ClN10O9S. The lowest BCUT2D eigenvalue weighted by molar-refractivity contribution is -0.136. The van der Waals surface area contributed by atoms with Crippen molar-refractivity contribution < 1.29 is 43.0 Å². The number of carbonyl (C=O) groups excluding carboxylic acids is 6. The molecule has 6 rings (SSSR count). The number of hydrogen-bond donors (Lipinski definition) is 6. The van der Waals surface area contributed by atoms with Gasteiger partial charge in [0.25, 0.3) is 11.8 Å². The number of aromatic nitrogens is 2. The molecule has 19 nitrogen and oxygen atoms in total. The van der Waals surface area contributed by atoms with Crippen LogP contribution in [-0.4, -0.2) is 128 Å². The predicted octanol–water partition coefficient (Wildman–Crippen LogP) is 2.19. The number of nitrogens with one attached hydrogen (secondary N) is 4. The molecule has 1 aromatic heterocycles. The lowest BCUT2D eigenvalue weighted by Crippen LogP contribution is -2.54. The van der Waals surface area contributed by atoms with Crippen molar-refractivity contribution in [3.8, 4) is 0 Å². The number of nitrogens with two attached hydrogens (primary N) is 2. The van der Waals surface area contributed by atoms with Crippen LogP contribution in [0.3, 0.4) is 0 Å². The van der Waals surface area contributed by atoms with Crippen molar-refractivity contribution in [1.82, 2.24) is 25.5 Å². The zero-order chi connectivity index (χ0) is 43.5. The molecule has 61 heavy (non-hydrogen) atoms. The molecule has 3 aliphatic heterocycles. The molecule has 21 heteroatoms. The van der Waals surface area contributed by atoms with Crippen LogP contribution in [-0.2, 0) is 33.4 Å². The summed E-state index contributed by atoms with van der Waals surface area (Å²) in [6.07, 6.45) is 3.09. The van der Waals surface area contributed by atoms with Crippen molar-refractivity contribution in [3.05, 3.63) is 58.7 Å². The highest BCUT2D eigenvalue weighted by molar-refractivity contribution is 7.99. The van der Waals surface area contributed by atoms with Gasteiger partial charge in [0.15, 0.2) is 5.82 Å². The average Bonchev–Trinajstić information content (AvgIpc) is 3.46. The maximum absolute atomic E-state index is 13.0. The Morgan fingerprint density at radius 1 is 0.951 bits per heavy atom. The number of fused-ring (bicyclic) bond motifs is 1. The molecule has 0 spiro atoms. The number of nitrogen functional groups attached to an aromatic ring is 1. The highest BCUT2D eigenvalue weighted by atomic mass is 35.5. The number of imide groups is 2. The van der Waals surface area contributed by atoms with Crippen LogP contribution in [0.2, 0.25) is 5.02 Å². The molecule has 0 saturated carbocycles. The van der Waals surface area contributed by atoms with Gasteiger partial charge in [-0.05, 0) is 56.5 Å². The molecule has 3 aliphatic rings. The quantitative estimate of drug-likeness (QED) is 0.0540. The van der Waals surface area contributed by atoms with E-state index < -0.39 is 47.9 Å². The summed E-state index contributed by atoms with van der Waals surface area (Å²) in [5.74, 6) is -2.29. The SMILES string of the molecule is CC1(N)CCN(c2cnc(Sc3cccc(NC(=O)CC(=O)NCCOCCOCCOCCNc4ccc5c(c4)C(=O)N(C4CCC(=O)NC4=O)C5=O)c3Cl)c(N)n2)CC1. The zero-order valence-corrected chi connectivity index (χ0v) is 35.2. The summed E-state index contributed by atoms with van der Waals surface area (Å²) >= 11 is 7.84. The summed E-state index contributed by atoms with van der Waals surface area (Å²) in [4.78, 5) is 87.3. The summed E-state index contributed by atoms with van der Waals surface area (Å²) in [6.45, 7) is 6.03. The Balaban J connectivity index is 0.789. The molecular weight excluding hydrogens is 832 g/mol. The van der Waals surface area contributed by atoms with Crippen LogP contribution >= 0.6 is 23.4 Å². The second kappa shape index (κ2) is 20.9.